The van der Waals surface area contributed by atoms with Crippen LogP contribution in [0.3, 0.4) is 0 Å². The Labute approximate surface area is 96.4 Å². The first kappa shape index (κ1) is 10.2. The zero-order valence-corrected chi connectivity index (χ0v) is 9.93. The standard InChI is InChI=1S/C10H9Cl2NS/c1-5-8(4-13)14-10-7(12)3-2-6(11)9(5)10/h2-3H,4,13H2,1H3. The number of benzene rings is 1. The van der Waals surface area contributed by atoms with Crippen LogP contribution in [-0.2, 0) is 6.54 Å². The lowest BCUT2D eigenvalue weighted by molar-refractivity contribution is 1.09. The molecule has 0 saturated carbocycles. The molecule has 0 unspecified atom stereocenters. The van der Waals surface area contributed by atoms with Crippen molar-refractivity contribution in [2.75, 3.05) is 0 Å². The van der Waals surface area contributed by atoms with Crippen LogP contribution in [0.5, 0.6) is 0 Å². The molecule has 2 rings (SSSR count). The van der Waals surface area contributed by atoms with Crippen LogP contribution in [0.15, 0.2) is 12.1 Å². The summed E-state index contributed by atoms with van der Waals surface area (Å²) in [5.41, 5.74) is 6.79. The summed E-state index contributed by atoms with van der Waals surface area (Å²) in [6, 6.07) is 3.65. The average Bonchev–Trinajstić information content (AvgIpc) is 2.51. The second-order valence-electron chi connectivity index (χ2n) is 3.09. The van der Waals surface area contributed by atoms with E-state index in [4.69, 9.17) is 28.9 Å². The normalized spacial score (nSPS) is 11.1. The number of thiophene rings is 1. The van der Waals surface area contributed by atoms with E-state index in [2.05, 4.69) is 0 Å². The molecule has 1 heterocycles. The average molecular weight is 246 g/mol. The Morgan fingerprint density at radius 1 is 1.29 bits per heavy atom. The van der Waals surface area contributed by atoms with Gasteiger partial charge in [0.2, 0.25) is 0 Å². The number of hydrogen-bond donors (Lipinski definition) is 1. The molecule has 0 amide bonds. The van der Waals surface area contributed by atoms with Crippen molar-refractivity contribution >= 4 is 44.6 Å². The predicted molar refractivity (Wildman–Crippen MR) is 64.5 cm³/mol. The molecule has 0 atom stereocenters. The first-order chi connectivity index (χ1) is 6.65. The second kappa shape index (κ2) is 3.70. The van der Waals surface area contributed by atoms with E-state index < -0.39 is 0 Å². The largest absolute Gasteiger partial charge is 0.326 e. The van der Waals surface area contributed by atoms with Crippen LogP contribution in [0.25, 0.3) is 10.1 Å². The van der Waals surface area contributed by atoms with Crippen molar-refractivity contribution in [3.8, 4) is 0 Å². The van der Waals surface area contributed by atoms with Crippen molar-refractivity contribution in [1.82, 2.24) is 0 Å². The Hall–Kier alpha value is -0.280. The van der Waals surface area contributed by atoms with E-state index in [0.717, 1.165) is 30.6 Å². The third-order valence-electron chi connectivity index (χ3n) is 2.26. The van der Waals surface area contributed by atoms with Gasteiger partial charge in [-0.2, -0.15) is 0 Å². The number of hydrogen-bond acceptors (Lipinski definition) is 2. The number of fused-ring (bicyclic) bond motifs is 1. The van der Waals surface area contributed by atoms with Gasteiger partial charge in [0.25, 0.3) is 0 Å². The van der Waals surface area contributed by atoms with Gasteiger partial charge < -0.3 is 5.73 Å². The Balaban J connectivity index is 2.90. The van der Waals surface area contributed by atoms with Crippen LogP contribution in [-0.4, -0.2) is 0 Å². The highest BCUT2D eigenvalue weighted by Crippen LogP contribution is 2.39. The van der Waals surface area contributed by atoms with Crippen LogP contribution in [0, 0.1) is 6.92 Å². The summed E-state index contributed by atoms with van der Waals surface area (Å²) in [7, 11) is 0. The van der Waals surface area contributed by atoms with Gasteiger partial charge in [0.15, 0.2) is 0 Å². The molecule has 74 valence electrons. The summed E-state index contributed by atoms with van der Waals surface area (Å²) in [5, 5.41) is 2.54. The molecule has 2 aromatic rings. The van der Waals surface area contributed by atoms with Gasteiger partial charge >= 0.3 is 0 Å². The van der Waals surface area contributed by atoms with Crippen molar-refractivity contribution < 1.29 is 0 Å². The van der Waals surface area contributed by atoms with Crippen LogP contribution < -0.4 is 5.73 Å². The van der Waals surface area contributed by atoms with Crippen LogP contribution >= 0.6 is 34.5 Å². The summed E-state index contributed by atoms with van der Waals surface area (Å²) in [5.74, 6) is 0. The third-order valence-corrected chi connectivity index (χ3v) is 4.35. The lowest BCUT2D eigenvalue weighted by Gasteiger charge is -1.97. The highest BCUT2D eigenvalue weighted by molar-refractivity contribution is 7.20. The molecule has 0 radical (unpaired) electrons. The fourth-order valence-electron chi connectivity index (χ4n) is 1.52. The molecule has 2 N–H and O–H groups in total. The van der Waals surface area contributed by atoms with E-state index in [-0.39, 0.29) is 0 Å². The minimum Gasteiger partial charge on any atom is -0.326 e. The molecule has 0 fully saturated rings. The van der Waals surface area contributed by atoms with Crippen molar-refractivity contribution in [3.63, 3.8) is 0 Å². The fraction of sp³-hybridized carbons (Fsp3) is 0.200. The van der Waals surface area contributed by atoms with Gasteiger partial charge in [-0.25, -0.2) is 0 Å². The molecule has 14 heavy (non-hydrogen) atoms. The Morgan fingerprint density at radius 3 is 2.50 bits per heavy atom. The minimum atomic E-state index is 0.540. The molecule has 1 aromatic heterocycles. The summed E-state index contributed by atoms with van der Waals surface area (Å²) in [4.78, 5) is 1.15. The monoisotopic (exact) mass is 245 g/mol. The molecule has 0 bridgehead atoms. The van der Waals surface area contributed by atoms with E-state index in [1.165, 1.54) is 0 Å². The lowest BCUT2D eigenvalue weighted by Crippen LogP contribution is -1.94. The first-order valence-electron chi connectivity index (χ1n) is 4.21. The number of halogens is 2. The molecule has 0 aliphatic carbocycles. The first-order valence-corrected chi connectivity index (χ1v) is 5.78. The summed E-state index contributed by atoms with van der Waals surface area (Å²) in [6.07, 6.45) is 0. The van der Waals surface area contributed by atoms with Gasteiger partial charge in [-0.1, -0.05) is 23.2 Å². The number of rotatable bonds is 1. The SMILES string of the molecule is Cc1c(CN)sc2c(Cl)ccc(Cl)c12. The number of aryl methyl sites for hydroxylation is 1. The van der Waals surface area contributed by atoms with Crippen LogP contribution in [0.1, 0.15) is 10.4 Å². The van der Waals surface area contributed by atoms with Crippen molar-refractivity contribution in [3.05, 3.63) is 32.6 Å². The molecular weight excluding hydrogens is 237 g/mol. The molecule has 1 aromatic carbocycles. The number of nitrogens with two attached hydrogens (primary N) is 1. The zero-order valence-electron chi connectivity index (χ0n) is 7.60. The summed E-state index contributed by atoms with van der Waals surface area (Å²) in [6.45, 7) is 2.57. The van der Waals surface area contributed by atoms with Gasteiger partial charge in [0, 0.05) is 21.8 Å². The summed E-state index contributed by atoms with van der Waals surface area (Å²) < 4.78 is 1.04. The maximum absolute atomic E-state index is 6.11. The molecule has 0 aliphatic heterocycles. The smallest absolute Gasteiger partial charge is 0.0585 e. The zero-order chi connectivity index (χ0) is 10.3. The van der Waals surface area contributed by atoms with Crippen LogP contribution in [0.2, 0.25) is 10.0 Å². The van der Waals surface area contributed by atoms with Gasteiger partial charge in [-0.15, -0.1) is 11.3 Å². The van der Waals surface area contributed by atoms with Crippen molar-refractivity contribution in [2.24, 2.45) is 5.73 Å². The van der Waals surface area contributed by atoms with Crippen LogP contribution in [0.4, 0.5) is 0 Å². The molecule has 0 spiro atoms. The molecule has 1 nitrogen and oxygen atoms in total. The molecule has 0 aliphatic rings. The minimum absolute atomic E-state index is 0.540. The predicted octanol–water partition coefficient (Wildman–Crippen LogP) is 3.98. The Kier molecular flexibility index (Phi) is 2.71. The lowest BCUT2D eigenvalue weighted by atomic mass is 10.1. The quantitative estimate of drug-likeness (QED) is 0.809. The van der Waals surface area contributed by atoms with Gasteiger partial charge in [0.1, 0.15) is 0 Å². The maximum atomic E-state index is 6.11. The molecular formula is C10H9Cl2NS. The van der Waals surface area contributed by atoms with E-state index >= 15 is 0 Å². The third kappa shape index (κ3) is 1.43. The Morgan fingerprint density at radius 2 is 1.93 bits per heavy atom. The van der Waals surface area contributed by atoms with E-state index in [9.17, 15) is 0 Å². The fourth-order valence-corrected chi connectivity index (χ4v) is 3.26. The molecule has 4 heteroatoms. The van der Waals surface area contributed by atoms with E-state index in [1.807, 2.05) is 19.1 Å². The van der Waals surface area contributed by atoms with Crippen molar-refractivity contribution in [1.29, 1.82) is 0 Å². The highest BCUT2D eigenvalue weighted by atomic mass is 35.5. The Bertz CT molecular complexity index is 490. The van der Waals surface area contributed by atoms with Crippen molar-refractivity contribution in [2.45, 2.75) is 13.5 Å². The molecule has 0 saturated heterocycles. The van der Waals surface area contributed by atoms with E-state index in [0.29, 0.717) is 6.54 Å². The van der Waals surface area contributed by atoms with Gasteiger partial charge in [-0.3, -0.25) is 0 Å². The highest BCUT2D eigenvalue weighted by Gasteiger charge is 2.12. The maximum Gasteiger partial charge on any atom is 0.0585 e. The topological polar surface area (TPSA) is 26.0 Å². The second-order valence-corrected chi connectivity index (χ2v) is 5.01. The van der Waals surface area contributed by atoms with Gasteiger partial charge in [0.05, 0.1) is 9.72 Å². The van der Waals surface area contributed by atoms with Gasteiger partial charge in [-0.05, 0) is 24.6 Å². The summed E-state index contributed by atoms with van der Waals surface area (Å²) >= 11 is 13.8. The van der Waals surface area contributed by atoms with E-state index in [1.54, 1.807) is 11.3 Å².